The second-order valence-electron chi connectivity index (χ2n) is 17.7. The van der Waals surface area contributed by atoms with Gasteiger partial charge in [-0.3, -0.25) is 24.2 Å². The molecule has 2 saturated heterocycles. The van der Waals surface area contributed by atoms with E-state index in [9.17, 15) is 24.6 Å². The molecule has 2 aromatic rings. The van der Waals surface area contributed by atoms with Crippen molar-refractivity contribution >= 4 is 35.7 Å². The number of nitrogens with one attached hydrogen (secondary N) is 1. The smallest absolute Gasteiger partial charge is 0.344 e. The first-order chi connectivity index (χ1) is 28.8. The Hall–Kier alpha value is -4.76. The van der Waals surface area contributed by atoms with Gasteiger partial charge in [-0.25, -0.2) is 4.79 Å². The van der Waals surface area contributed by atoms with Crippen molar-refractivity contribution in [3.8, 4) is 5.75 Å². The van der Waals surface area contributed by atoms with Crippen LogP contribution in [0.2, 0.25) is 0 Å². The molecule has 14 heteroatoms. The largest absolute Gasteiger partial charge is 0.496 e. The summed E-state index contributed by atoms with van der Waals surface area (Å²) in [5.74, 6) is -2.13. The molecule has 14 nitrogen and oxygen atoms in total. The lowest BCUT2D eigenvalue weighted by Gasteiger charge is -2.63. The van der Waals surface area contributed by atoms with Crippen LogP contribution in [0.25, 0.3) is 0 Å². The summed E-state index contributed by atoms with van der Waals surface area (Å²) in [4.78, 5) is 62.2. The number of methoxy groups -OCH3 is 3. The van der Waals surface area contributed by atoms with Crippen LogP contribution in [0.1, 0.15) is 70.4 Å². The molecule has 3 fully saturated rings. The highest BCUT2D eigenvalue weighted by atomic mass is 16.6. The lowest BCUT2D eigenvalue weighted by molar-refractivity contribution is -0.228. The van der Waals surface area contributed by atoms with Crippen LogP contribution >= 0.6 is 0 Å². The number of carbonyl (C=O) groups excluding carboxylic acids is 4. The van der Waals surface area contributed by atoms with Gasteiger partial charge in [0.1, 0.15) is 11.2 Å². The molecule has 6 aliphatic rings. The van der Waals surface area contributed by atoms with Crippen molar-refractivity contribution in [1.29, 1.82) is 0 Å². The van der Waals surface area contributed by atoms with E-state index in [-0.39, 0.29) is 18.1 Å². The van der Waals surface area contributed by atoms with E-state index >= 15 is 4.79 Å². The molecule has 5 aliphatic heterocycles. The lowest BCUT2D eigenvalue weighted by Crippen LogP contribution is -2.81. The summed E-state index contributed by atoms with van der Waals surface area (Å²) in [5.41, 5.74) is -4.41. The van der Waals surface area contributed by atoms with Gasteiger partial charge in [0.05, 0.1) is 38.7 Å². The molecule has 1 spiro atoms. The summed E-state index contributed by atoms with van der Waals surface area (Å²) in [6.07, 6.45) is 7.78. The third-order valence-corrected chi connectivity index (χ3v) is 14.9. The van der Waals surface area contributed by atoms with Gasteiger partial charge in [0, 0.05) is 73.0 Å². The third-order valence-electron chi connectivity index (χ3n) is 14.9. The van der Waals surface area contributed by atoms with Gasteiger partial charge in [0.25, 0.3) is 0 Å². The highest BCUT2D eigenvalue weighted by Gasteiger charge is 2.81. The second-order valence-corrected chi connectivity index (χ2v) is 17.7. The summed E-state index contributed by atoms with van der Waals surface area (Å²) in [7, 11) is 4.06. The molecule has 1 unspecified atom stereocenters. The van der Waals surface area contributed by atoms with Crippen molar-refractivity contribution in [3.05, 3.63) is 77.5 Å². The monoisotopic (exact) mass is 826 g/mol. The van der Waals surface area contributed by atoms with Crippen molar-refractivity contribution in [2.24, 2.45) is 11.3 Å². The van der Waals surface area contributed by atoms with E-state index in [1.165, 1.54) is 33.2 Å². The van der Waals surface area contributed by atoms with Gasteiger partial charge in [-0.05, 0) is 74.8 Å². The number of piperidine rings is 1. The zero-order valence-electron chi connectivity index (χ0n) is 35.4. The van der Waals surface area contributed by atoms with E-state index in [4.69, 9.17) is 18.9 Å². The fraction of sp³-hybridized carbons (Fsp3) is 0.565. The fourth-order valence-electron chi connectivity index (χ4n) is 12.7. The summed E-state index contributed by atoms with van der Waals surface area (Å²) in [5, 5.41) is 28.8. The van der Waals surface area contributed by atoms with Crippen LogP contribution in [0.15, 0.2) is 66.4 Å². The molecule has 1 aliphatic carbocycles. The Morgan fingerprint density at radius 1 is 0.950 bits per heavy atom. The molecule has 1 amide bonds. The van der Waals surface area contributed by atoms with Gasteiger partial charge in [0.2, 0.25) is 12.0 Å². The number of amides is 1. The van der Waals surface area contributed by atoms with E-state index in [2.05, 4.69) is 15.1 Å². The van der Waals surface area contributed by atoms with Crippen molar-refractivity contribution in [2.75, 3.05) is 64.3 Å². The van der Waals surface area contributed by atoms with Crippen molar-refractivity contribution < 1.29 is 48.3 Å². The first-order valence-electron chi connectivity index (χ1n) is 21.2. The minimum absolute atomic E-state index is 0.168. The number of hydrogen-bond acceptors (Lipinski definition) is 13. The Labute approximate surface area is 351 Å². The minimum atomic E-state index is -2.54. The van der Waals surface area contributed by atoms with Crippen molar-refractivity contribution in [2.45, 2.75) is 99.5 Å². The normalized spacial score (nSPS) is 37.4. The fourth-order valence-corrected chi connectivity index (χ4v) is 12.7. The summed E-state index contributed by atoms with van der Waals surface area (Å²) in [6, 6.07) is 11.5. The van der Waals surface area contributed by atoms with Crippen LogP contribution in [0.4, 0.5) is 11.4 Å². The second kappa shape index (κ2) is 15.3. The van der Waals surface area contributed by atoms with Crippen LogP contribution in [0.5, 0.6) is 5.75 Å². The molecule has 0 aromatic heterocycles. The van der Waals surface area contributed by atoms with Gasteiger partial charge in [0.15, 0.2) is 6.10 Å². The van der Waals surface area contributed by atoms with Crippen LogP contribution in [0, 0.1) is 11.3 Å². The number of fused-ring (bicyclic) bond motifs is 3. The third kappa shape index (κ3) is 5.88. The van der Waals surface area contributed by atoms with E-state index in [1.54, 1.807) is 6.07 Å². The number of para-hydroxylation sites is 1. The molecule has 5 heterocycles. The molecule has 0 radical (unpaired) electrons. The van der Waals surface area contributed by atoms with Crippen LogP contribution < -0.4 is 15.0 Å². The van der Waals surface area contributed by atoms with Crippen molar-refractivity contribution in [1.82, 2.24) is 9.80 Å². The van der Waals surface area contributed by atoms with E-state index in [0.29, 0.717) is 93.7 Å². The zero-order chi connectivity index (χ0) is 42.8. The minimum Gasteiger partial charge on any atom is -0.496 e. The molecule has 3 N–H and O–H groups in total. The average Bonchev–Trinajstić information content (AvgIpc) is 3.79. The highest BCUT2D eigenvalue weighted by Crippen LogP contribution is 2.68. The number of rotatable bonds is 10. The summed E-state index contributed by atoms with van der Waals surface area (Å²) >= 11 is 0. The number of benzene rings is 2. The van der Waals surface area contributed by atoms with Crippen LogP contribution in [0.3, 0.4) is 0 Å². The number of aliphatic hydroxyl groups is 2. The molecule has 2 aromatic carbocycles. The predicted molar refractivity (Wildman–Crippen MR) is 222 cm³/mol. The molecule has 1 saturated carbocycles. The van der Waals surface area contributed by atoms with Gasteiger partial charge in [-0.1, -0.05) is 50.3 Å². The molecule has 8 rings (SSSR count). The number of ether oxygens (including phenoxy) is 4. The van der Waals surface area contributed by atoms with Crippen LogP contribution in [-0.2, 0) is 44.2 Å². The van der Waals surface area contributed by atoms with Gasteiger partial charge in [-0.2, -0.15) is 0 Å². The maximum absolute atomic E-state index is 15.2. The standard InChI is InChI=1S/C46H58N4O10/c1-7-42(55)24-30-25-45(40(53)58-5,36(16-12-19-48(26-30)27-42)47-31-14-10-9-11-15-31)33-22-32-34(23-35(33)57-4)50(28-51)38-44(32)18-21-49-20-13-17-43(8-2,37(44)49)39(60-29(3)52)46(38,56)41(54)59-6/h9-11,13-17,22-23,28,30,37-39,47,55-56H,7-8,12,18-21,24-27H2,1-6H3/b36-16-/t30-,37+,38-,39-,42+,43-,44-,45+,46+/m1/s1. The number of hydrogen-bond donors (Lipinski definition) is 3. The molecular weight excluding hydrogens is 769 g/mol. The maximum Gasteiger partial charge on any atom is 0.344 e. The number of anilines is 2. The summed E-state index contributed by atoms with van der Waals surface area (Å²) in [6.45, 7) is 8.11. The SMILES string of the molecule is CC[C@]1(O)C[C@H]2CN(CC/C=C(\Nc3ccccc3)[C@@](C(=O)OC)(c3cc4c(cc3OC)N(C=O)[C@H]3[C@@](O)(C(=O)OC)[C@H](OC(C)=O)[C@]5(CC)C=CCN6CC[C@]43[C@@H]65)C2)C1. The number of esters is 3. The first-order valence-corrected chi connectivity index (χ1v) is 21.2. The lowest BCUT2D eigenvalue weighted by atomic mass is 9.47. The first kappa shape index (κ1) is 42.0. The number of carbonyl (C=O) groups is 4. The Kier molecular flexibility index (Phi) is 10.7. The Bertz CT molecular complexity index is 2110. The van der Waals surface area contributed by atoms with Crippen LogP contribution in [-0.4, -0.2) is 128 Å². The highest BCUT2D eigenvalue weighted by molar-refractivity contribution is 5.95. The zero-order valence-corrected chi connectivity index (χ0v) is 35.4. The average molecular weight is 827 g/mol. The van der Waals surface area contributed by atoms with Crippen molar-refractivity contribution in [3.63, 3.8) is 0 Å². The maximum atomic E-state index is 15.2. The Morgan fingerprint density at radius 3 is 2.35 bits per heavy atom. The molecule has 10 atom stereocenters. The predicted octanol–water partition coefficient (Wildman–Crippen LogP) is 3.83. The molecule has 322 valence electrons. The summed E-state index contributed by atoms with van der Waals surface area (Å²) < 4.78 is 23.6. The molecule has 2 bridgehead atoms. The van der Waals surface area contributed by atoms with E-state index in [1.807, 2.05) is 68.5 Å². The van der Waals surface area contributed by atoms with E-state index < -0.39 is 63.5 Å². The van der Waals surface area contributed by atoms with Gasteiger partial charge >= 0.3 is 17.9 Å². The Morgan fingerprint density at radius 2 is 1.70 bits per heavy atom. The van der Waals surface area contributed by atoms with Gasteiger partial charge in [-0.15, -0.1) is 0 Å². The van der Waals surface area contributed by atoms with Gasteiger partial charge < -0.3 is 39.4 Å². The quantitative estimate of drug-likeness (QED) is 0.137. The van der Waals surface area contributed by atoms with E-state index in [0.717, 1.165) is 5.69 Å². The molecular formula is C46H58N4O10. The Balaban J connectivity index is 1.44. The topological polar surface area (TPSA) is 167 Å². The molecule has 60 heavy (non-hydrogen) atoms. The number of nitrogens with zero attached hydrogens (tertiary/aromatic N) is 3.